The number of rotatable bonds is 6. The molecule has 1 aliphatic carbocycles. The van der Waals surface area contributed by atoms with Crippen LogP contribution in [0.5, 0.6) is 0 Å². The number of aryl methyl sites for hydroxylation is 2. The molecule has 31 heavy (non-hydrogen) atoms. The molecule has 10 heteroatoms. The Hall–Kier alpha value is -2.72. The SMILES string of the molecule is CCOC(=O)c1c(NC(=O)CSc2nc(=O)n3ccc(C)cc3n2)sc2c1CCCC2. The zero-order valence-electron chi connectivity index (χ0n) is 17.3. The van der Waals surface area contributed by atoms with Gasteiger partial charge in [-0.1, -0.05) is 11.8 Å². The number of fused-ring (bicyclic) bond motifs is 2. The van der Waals surface area contributed by atoms with E-state index in [4.69, 9.17) is 4.74 Å². The van der Waals surface area contributed by atoms with Crippen LogP contribution < -0.4 is 11.0 Å². The number of aromatic nitrogens is 3. The lowest BCUT2D eigenvalue weighted by Crippen LogP contribution is -2.20. The Balaban J connectivity index is 1.50. The minimum absolute atomic E-state index is 0.0201. The summed E-state index contributed by atoms with van der Waals surface area (Å²) in [5.74, 6) is -0.667. The smallest absolute Gasteiger partial charge is 0.355 e. The second-order valence-electron chi connectivity index (χ2n) is 7.19. The maximum Gasteiger partial charge on any atom is 0.355 e. The second kappa shape index (κ2) is 9.19. The van der Waals surface area contributed by atoms with Crippen molar-refractivity contribution in [3.8, 4) is 0 Å². The van der Waals surface area contributed by atoms with Crippen LogP contribution >= 0.6 is 23.1 Å². The average molecular weight is 459 g/mol. The van der Waals surface area contributed by atoms with E-state index in [0.717, 1.165) is 53.4 Å². The molecule has 0 saturated carbocycles. The molecule has 4 rings (SSSR count). The molecule has 1 amide bonds. The number of carbonyl (C=O) groups is 2. The zero-order valence-corrected chi connectivity index (χ0v) is 18.9. The van der Waals surface area contributed by atoms with Gasteiger partial charge in [-0.25, -0.2) is 14.6 Å². The molecule has 1 N–H and O–H groups in total. The maximum atomic E-state index is 12.6. The number of thiophene rings is 1. The van der Waals surface area contributed by atoms with Gasteiger partial charge in [0.15, 0.2) is 5.16 Å². The Morgan fingerprint density at radius 3 is 2.90 bits per heavy atom. The number of esters is 1. The van der Waals surface area contributed by atoms with E-state index in [1.54, 1.807) is 25.3 Å². The molecule has 0 spiro atoms. The minimum atomic E-state index is -0.441. The molecule has 0 bridgehead atoms. The topological polar surface area (TPSA) is 103 Å². The summed E-state index contributed by atoms with van der Waals surface area (Å²) in [4.78, 5) is 46.8. The highest BCUT2D eigenvalue weighted by Crippen LogP contribution is 2.38. The van der Waals surface area contributed by atoms with Gasteiger partial charge in [0.2, 0.25) is 5.91 Å². The van der Waals surface area contributed by atoms with Crippen LogP contribution in [0.2, 0.25) is 0 Å². The van der Waals surface area contributed by atoms with Crippen molar-refractivity contribution in [2.75, 3.05) is 17.7 Å². The van der Waals surface area contributed by atoms with E-state index in [1.165, 1.54) is 15.7 Å². The van der Waals surface area contributed by atoms with Gasteiger partial charge < -0.3 is 10.1 Å². The predicted molar refractivity (Wildman–Crippen MR) is 120 cm³/mol. The number of nitrogens with one attached hydrogen (secondary N) is 1. The van der Waals surface area contributed by atoms with Gasteiger partial charge in [0.05, 0.1) is 17.9 Å². The highest BCUT2D eigenvalue weighted by molar-refractivity contribution is 7.99. The fourth-order valence-corrected chi connectivity index (χ4v) is 5.45. The molecule has 1 aliphatic rings. The van der Waals surface area contributed by atoms with E-state index < -0.39 is 11.7 Å². The third kappa shape index (κ3) is 4.64. The Bertz CT molecular complexity index is 1220. The number of nitrogens with zero attached hydrogens (tertiary/aromatic N) is 3. The predicted octanol–water partition coefficient (Wildman–Crippen LogP) is 3.25. The summed E-state index contributed by atoms with van der Waals surface area (Å²) >= 11 is 2.53. The zero-order chi connectivity index (χ0) is 22.0. The van der Waals surface area contributed by atoms with E-state index in [2.05, 4.69) is 15.3 Å². The van der Waals surface area contributed by atoms with Crippen LogP contribution in [-0.4, -0.2) is 38.6 Å². The van der Waals surface area contributed by atoms with Crippen LogP contribution in [0.25, 0.3) is 5.65 Å². The second-order valence-corrected chi connectivity index (χ2v) is 9.24. The Labute approximate surface area is 187 Å². The molecule has 3 aromatic heterocycles. The highest BCUT2D eigenvalue weighted by atomic mass is 32.2. The van der Waals surface area contributed by atoms with E-state index in [0.29, 0.717) is 16.2 Å². The van der Waals surface area contributed by atoms with Crippen molar-refractivity contribution in [2.24, 2.45) is 0 Å². The van der Waals surface area contributed by atoms with Crippen molar-refractivity contribution in [3.63, 3.8) is 0 Å². The fourth-order valence-electron chi connectivity index (χ4n) is 3.53. The number of hydrogen-bond acceptors (Lipinski definition) is 8. The van der Waals surface area contributed by atoms with Crippen molar-refractivity contribution in [1.29, 1.82) is 0 Å². The first kappa shape index (κ1) is 21.5. The summed E-state index contributed by atoms with van der Waals surface area (Å²) < 4.78 is 6.58. The van der Waals surface area contributed by atoms with Gasteiger partial charge in [-0.2, -0.15) is 4.98 Å². The number of ether oxygens (including phenoxy) is 1. The van der Waals surface area contributed by atoms with Gasteiger partial charge in [-0.3, -0.25) is 9.20 Å². The van der Waals surface area contributed by atoms with E-state index in [1.807, 2.05) is 6.92 Å². The first-order chi connectivity index (χ1) is 15.0. The molecule has 0 aliphatic heterocycles. The van der Waals surface area contributed by atoms with Gasteiger partial charge in [0.25, 0.3) is 0 Å². The summed E-state index contributed by atoms with van der Waals surface area (Å²) in [6.45, 7) is 3.95. The molecule has 0 unspecified atom stereocenters. The third-order valence-electron chi connectivity index (χ3n) is 4.93. The van der Waals surface area contributed by atoms with Crippen LogP contribution in [0.1, 0.15) is 46.1 Å². The molecule has 0 atom stereocenters. The highest BCUT2D eigenvalue weighted by Gasteiger charge is 2.27. The fraction of sp³-hybridized carbons (Fsp3) is 0.381. The quantitative estimate of drug-likeness (QED) is 0.447. The molecule has 0 saturated heterocycles. The lowest BCUT2D eigenvalue weighted by atomic mass is 9.95. The third-order valence-corrected chi connectivity index (χ3v) is 6.99. The molecule has 0 radical (unpaired) electrons. The summed E-state index contributed by atoms with van der Waals surface area (Å²) in [5, 5.41) is 3.63. The van der Waals surface area contributed by atoms with Crippen LogP contribution in [-0.2, 0) is 22.4 Å². The number of carbonyl (C=O) groups excluding carboxylic acids is 2. The Morgan fingerprint density at radius 2 is 2.10 bits per heavy atom. The van der Waals surface area contributed by atoms with Crippen LogP contribution in [0.15, 0.2) is 28.3 Å². The molecule has 3 heterocycles. The number of anilines is 1. The van der Waals surface area contributed by atoms with Gasteiger partial charge in [0, 0.05) is 11.1 Å². The normalized spacial score (nSPS) is 13.1. The first-order valence-corrected chi connectivity index (χ1v) is 11.9. The van der Waals surface area contributed by atoms with Crippen molar-refractivity contribution >= 4 is 45.6 Å². The minimum Gasteiger partial charge on any atom is -0.462 e. The molecular formula is C21H22N4O4S2. The summed E-state index contributed by atoms with van der Waals surface area (Å²) in [6.07, 6.45) is 5.45. The molecule has 0 aromatic carbocycles. The first-order valence-electron chi connectivity index (χ1n) is 10.1. The number of pyridine rings is 1. The van der Waals surface area contributed by atoms with Gasteiger partial charge >= 0.3 is 11.7 Å². The Morgan fingerprint density at radius 1 is 1.29 bits per heavy atom. The van der Waals surface area contributed by atoms with Crippen LogP contribution in [0.3, 0.4) is 0 Å². The number of amides is 1. The van der Waals surface area contributed by atoms with Gasteiger partial charge in [-0.05, 0) is 62.8 Å². The van der Waals surface area contributed by atoms with Crippen molar-refractivity contribution < 1.29 is 14.3 Å². The molecule has 3 aromatic rings. The number of thioether (sulfide) groups is 1. The van der Waals surface area contributed by atoms with E-state index in [9.17, 15) is 14.4 Å². The van der Waals surface area contributed by atoms with Crippen molar-refractivity contribution in [2.45, 2.75) is 44.7 Å². The lowest BCUT2D eigenvalue weighted by molar-refractivity contribution is -0.113. The molecule has 8 nitrogen and oxygen atoms in total. The largest absolute Gasteiger partial charge is 0.462 e. The van der Waals surface area contributed by atoms with Crippen LogP contribution in [0, 0.1) is 6.92 Å². The summed E-state index contributed by atoms with van der Waals surface area (Å²) in [6, 6.07) is 3.59. The summed E-state index contributed by atoms with van der Waals surface area (Å²) in [5.41, 5.74) is 2.50. The standard InChI is InChI=1S/C21H22N4O4S2/c1-3-29-19(27)17-13-6-4-5-7-14(13)31-18(17)23-16(26)11-30-20-22-15-10-12(2)8-9-25(15)21(28)24-20/h8-10H,3-7,11H2,1-2H3,(H,23,26). The number of hydrogen-bond donors (Lipinski definition) is 1. The van der Waals surface area contributed by atoms with Crippen molar-refractivity contribution in [3.05, 3.63) is 50.4 Å². The van der Waals surface area contributed by atoms with E-state index >= 15 is 0 Å². The Kier molecular flexibility index (Phi) is 6.38. The summed E-state index contributed by atoms with van der Waals surface area (Å²) in [7, 11) is 0. The monoisotopic (exact) mass is 458 g/mol. The molecule has 162 valence electrons. The van der Waals surface area contributed by atoms with Gasteiger partial charge in [-0.15, -0.1) is 11.3 Å². The average Bonchev–Trinajstić information content (AvgIpc) is 3.10. The van der Waals surface area contributed by atoms with Gasteiger partial charge in [0.1, 0.15) is 10.6 Å². The van der Waals surface area contributed by atoms with Crippen LogP contribution in [0.4, 0.5) is 5.00 Å². The maximum absolute atomic E-state index is 12.6. The molecule has 0 fully saturated rings. The molecular weight excluding hydrogens is 436 g/mol. The van der Waals surface area contributed by atoms with Crippen molar-refractivity contribution in [1.82, 2.24) is 14.4 Å². The van der Waals surface area contributed by atoms with E-state index in [-0.39, 0.29) is 23.4 Å². The lowest BCUT2D eigenvalue weighted by Gasteiger charge is -2.12.